The molecule has 1 heterocycles. The van der Waals surface area contributed by atoms with E-state index in [0.717, 1.165) is 0 Å². The minimum Gasteiger partial charge on any atom is -0.387 e. The summed E-state index contributed by atoms with van der Waals surface area (Å²) in [6, 6.07) is 9.49. The quantitative estimate of drug-likeness (QED) is 0.489. The molecule has 7 nitrogen and oxygen atoms in total. The van der Waals surface area contributed by atoms with E-state index >= 15 is 0 Å². The number of amides is 1. The van der Waals surface area contributed by atoms with Gasteiger partial charge in [-0.2, -0.15) is 0 Å². The van der Waals surface area contributed by atoms with Crippen molar-refractivity contribution in [3.63, 3.8) is 0 Å². The first kappa shape index (κ1) is 16.6. The van der Waals surface area contributed by atoms with Crippen LogP contribution in [0, 0.1) is 15.9 Å². The van der Waals surface area contributed by atoms with E-state index in [1.54, 1.807) is 0 Å². The molecule has 0 fully saturated rings. The third-order valence-electron chi connectivity index (χ3n) is 3.83. The van der Waals surface area contributed by atoms with Gasteiger partial charge in [0.05, 0.1) is 16.6 Å². The molecule has 1 atom stereocenters. The van der Waals surface area contributed by atoms with E-state index in [0.29, 0.717) is 16.5 Å². The Morgan fingerprint density at radius 3 is 2.68 bits per heavy atom. The highest BCUT2D eigenvalue weighted by atomic mass is 19.1. The Bertz CT molecular complexity index is 937. The number of benzene rings is 2. The second-order valence-electron chi connectivity index (χ2n) is 5.47. The number of aliphatic hydroxyl groups excluding tert-OH is 1. The Hall–Kier alpha value is -3.26. The summed E-state index contributed by atoms with van der Waals surface area (Å²) in [5.41, 5.74) is 1.18. The predicted molar refractivity (Wildman–Crippen MR) is 88.6 cm³/mol. The van der Waals surface area contributed by atoms with Crippen molar-refractivity contribution >= 4 is 22.5 Å². The Labute approximate surface area is 141 Å². The molecule has 0 aliphatic carbocycles. The van der Waals surface area contributed by atoms with Crippen molar-refractivity contribution < 1.29 is 19.2 Å². The van der Waals surface area contributed by atoms with Crippen LogP contribution < -0.4 is 5.32 Å². The van der Waals surface area contributed by atoms with E-state index in [2.05, 4.69) is 10.3 Å². The van der Waals surface area contributed by atoms with Gasteiger partial charge in [0.25, 0.3) is 11.6 Å². The van der Waals surface area contributed by atoms with Crippen LogP contribution in [0.15, 0.2) is 48.7 Å². The molecular formula is C17H14FN3O4. The number of hydrogen-bond acceptors (Lipinski definition) is 4. The summed E-state index contributed by atoms with van der Waals surface area (Å²) in [6.45, 7) is -0.0773. The number of rotatable bonds is 5. The summed E-state index contributed by atoms with van der Waals surface area (Å²) in [6.07, 6.45) is 0.456. The fourth-order valence-electron chi connectivity index (χ4n) is 2.50. The number of nitro benzene ring substituents is 1. The van der Waals surface area contributed by atoms with Gasteiger partial charge in [-0.3, -0.25) is 14.9 Å². The molecule has 1 amide bonds. The second-order valence-corrected chi connectivity index (χ2v) is 5.47. The third kappa shape index (κ3) is 3.48. The lowest BCUT2D eigenvalue weighted by molar-refractivity contribution is -0.384. The normalized spacial score (nSPS) is 12.1. The smallest absolute Gasteiger partial charge is 0.270 e. The minimum absolute atomic E-state index is 0.0773. The van der Waals surface area contributed by atoms with Crippen LogP contribution in [0.3, 0.4) is 0 Å². The number of aliphatic hydroxyl groups is 1. The van der Waals surface area contributed by atoms with Gasteiger partial charge in [-0.25, -0.2) is 4.39 Å². The van der Waals surface area contributed by atoms with Gasteiger partial charge in [0.1, 0.15) is 5.82 Å². The molecule has 3 rings (SSSR count). The molecule has 0 aliphatic rings. The Balaban J connectivity index is 1.75. The molecule has 0 saturated heterocycles. The fourth-order valence-corrected chi connectivity index (χ4v) is 2.50. The fraction of sp³-hybridized carbons (Fsp3) is 0.118. The number of H-pyrrole nitrogens is 1. The van der Waals surface area contributed by atoms with Crippen molar-refractivity contribution in [3.05, 3.63) is 75.7 Å². The topological polar surface area (TPSA) is 108 Å². The maximum absolute atomic E-state index is 12.9. The van der Waals surface area contributed by atoms with E-state index in [1.807, 2.05) is 0 Å². The maximum Gasteiger partial charge on any atom is 0.270 e. The molecule has 1 aromatic heterocycles. The SMILES string of the molecule is O=C(NCC(O)c1ccc(F)cc1)c1c[nH]c2ccc([N+](=O)[O-])cc12. The Morgan fingerprint density at radius 1 is 1.28 bits per heavy atom. The van der Waals surface area contributed by atoms with Crippen molar-refractivity contribution in [1.29, 1.82) is 0 Å². The summed E-state index contributed by atoms with van der Waals surface area (Å²) >= 11 is 0. The summed E-state index contributed by atoms with van der Waals surface area (Å²) in [5.74, 6) is -0.895. The highest BCUT2D eigenvalue weighted by Gasteiger charge is 2.16. The largest absolute Gasteiger partial charge is 0.387 e. The zero-order valence-corrected chi connectivity index (χ0v) is 12.9. The van der Waals surface area contributed by atoms with Gasteiger partial charge in [-0.1, -0.05) is 12.1 Å². The summed E-state index contributed by atoms with van der Waals surface area (Å²) in [4.78, 5) is 25.5. The third-order valence-corrected chi connectivity index (χ3v) is 3.83. The summed E-state index contributed by atoms with van der Waals surface area (Å²) in [5, 5.41) is 23.9. The van der Waals surface area contributed by atoms with Crippen molar-refractivity contribution in [2.45, 2.75) is 6.10 Å². The number of aromatic amines is 1. The average Bonchev–Trinajstić information content (AvgIpc) is 3.03. The van der Waals surface area contributed by atoms with Crippen molar-refractivity contribution in [3.8, 4) is 0 Å². The number of nitro groups is 1. The van der Waals surface area contributed by atoms with E-state index in [9.17, 15) is 24.4 Å². The number of carbonyl (C=O) groups is 1. The van der Waals surface area contributed by atoms with Crippen LogP contribution in [0.4, 0.5) is 10.1 Å². The van der Waals surface area contributed by atoms with Gasteiger partial charge in [0.2, 0.25) is 0 Å². The van der Waals surface area contributed by atoms with Gasteiger partial charge in [-0.05, 0) is 23.8 Å². The molecule has 8 heteroatoms. The number of nitrogens with one attached hydrogen (secondary N) is 2. The van der Waals surface area contributed by atoms with E-state index < -0.39 is 22.8 Å². The zero-order chi connectivity index (χ0) is 18.0. The van der Waals surface area contributed by atoms with Gasteiger partial charge >= 0.3 is 0 Å². The molecule has 1 unspecified atom stereocenters. The number of carbonyl (C=O) groups excluding carboxylic acids is 1. The van der Waals surface area contributed by atoms with Crippen LogP contribution in [0.2, 0.25) is 0 Å². The molecule has 25 heavy (non-hydrogen) atoms. The van der Waals surface area contributed by atoms with Crippen molar-refractivity contribution in [2.75, 3.05) is 6.54 Å². The van der Waals surface area contributed by atoms with Crippen molar-refractivity contribution in [2.24, 2.45) is 0 Å². The lowest BCUT2D eigenvalue weighted by Gasteiger charge is -2.12. The highest BCUT2D eigenvalue weighted by Crippen LogP contribution is 2.23. The minimum atomic E-state index is -0.996. The molecule has 0 spiro atoms. The van der Waals surface area contributed by atoms with Crippen LogP contribution in [-0.4, -0.2) is 27.5 Å². The molecule has 0 saturated carbocycles. The van der Waals surface area contributed by atoms with Crippen LogP contribution in [0.1, 0.15) is 22.0 Å². The predicted octanol–water partition coefficient (Wildman–Crippen LogP) is 2.68. The van der Waals surface area contributed by atoms with Crippen LogP contribution >= 0.6 is 0 Å². The van der Waals surface area contributed by atoms with Gasteiger partial charge in [-0.15, -0.1) is 0 Å². The molecule has 128 valence electrons. The molecule has 3 N–H and O–H groups in total. The molecule has 3 aromatic rings. The van der Waals surface area contributed by atoms with E-state index in [-0.39, 0.29) is 17.8 Å². The summed E-state index contributed by atoms with van der Waals surface area (Å²) < 4.78 is 12.9. The second kappa shape index (κ2) is 6.70. The molecular weight excluding hydrogens is 329 g/mol. The van der Waals surface area contributed by atoms with Crippen LogP contribution in [-0.2, 0) is 0 Å². The average molecular weight is 343 g/mol. The van der Waals surface area contributed by atoms with Crippen LogP contribution in [0.25, 0.3) is 10.9 Å². The first-order valence-electron chi connectivity index (χ1n) is 7.43. The molecule has 0 bridgehead atoms. The first-order chi connectivity index (χ1) is 12.0. The van der Waals surface area contributed by atoms with Gasteiger partial charge < -0.3 is 15.4 Å². The standard InChI is InChI=1S/C17H14FN3O4/c18-11-3-1-10(2-4-11)16(22)9-20-17(23)14-8-19-15-6-5-12(21(24)25)7-13(14)15/h1-8,16,19,22H,9H2,(H,20,23). The van der Waals surface area contributed by atoms with E-state index in [1.165, 1.54) is 48.7 Å². The monoisotopic (exact) mass is 343 g/mol. The molecule has 0 radical (unpaired) electrons. The molecule has 2 aromatic carbocycles. The number of halogens is 1. The Morgan fingerprint density at radius 2 is 2.00 bits per heavy atom. The first-order valence-corrected chi connectivity index (χ1v) is 7.43. The van der Waals surface area contributed by atoms with Gasteiger partial charge in [0, 0.05) is 35.8 Å². The lowest BCUT2D eigenvalue weighted by Crippen LogP contribution is -2.28. The number of hydrogen-bond donors (Lipinski definition) is 3. The Kier molecular flexibility index (Phi) is 4.44. The van der Waals surface area contributed by atoms with Gasteiger partial charge in [0.15, 0.2) is 0 Å². The summed E-state index contributed by atoms with van der Waals surface area (Å²) in [7, 11) is 0. The number of non-ortho nitro benzene ring substituents is 1. The molecule has 0 aliphatic heterocycles. The number of aromatic nitrogens is 1. The number of fused-ring (bicyclic) bond motifs is 1. The lowest BCUT2D eigenvalue weighted by atomic mass is 10.1. The van der Waals surface area contributed by atoms with Crippen molar-refractivity contribution in [1.82, 2.24) is 10.3 Å². The zero-order valence-electron chi connectivity index (χ0n) is 12.9. The van der Waals surface area contributed by atoms with E-state index in [4.69, 9.17) is 0 Å². The number of nitrogens with zero attached hydrogens (tertiary/aromatic N) is 1. The van der Waals surface area contributed by atoms with Crippen LogP contribution in [0.5, 0.6) is 0 Å². The highest BCUT2D eigenvalue weighted by molar-refractivity contribution is 6.07. The maximum atomic E-state index is 12.9.